The summed E-state index contributed by atoms with van der Waals surface area (Å²) in [5.74, 6) is -1.59. The molecule has 90 valence electrons. The van der Waals surface area contributed by atoms with Crippen molar-refractivity contribution in [3.05, 3.63) is 35.7 Å². The van der Waals surface area contributed by atoms with Gasteiger partial charge in [0.1, 0.15) is 5.75 Å². The highest BCUT2D eigenvalue weighted by molar-refractivity contribution is 6.02. The number of benzene rings is 1. The Morgan fingerprint density at radius 2 is 1.94 bits per heavy atom. The van der Waals surface area contributed by atoms with E-state index in [1.54, 1.807) is 6.07 Å². The Morgan fingerprint density at radius 3 is 2.59 bits per heavy atom. The molecule has 0 heterocycles. The molecule has 2 rings (SSSR count). The zero-order chi connectivity index (χ0) is 12.4. The third kappa shape index (κ3) is 2.30. The molecule has 0 unspecified atom stereocenters. The van der Waals surface area contributed by atoms with E-state index in [1.165, 1.54) is 6.07 Å². The number of rotatable bonds is 2. The number of carbonyl (C=O) groups excluding carboxylic acids is 1. The summed E-state index contributed by atoms with van der Waals surface area (Å²) in [6, 6.07) is 3.13. The summed E-state index contributed by atoms with van der Waals surface area (Å²) in [6.45, 7) is 2.95. The number of hydrogen-bond acceptors (Lipinski definition) is 2. The van der Waals surface area contributed by atoms with Crippen LogP contribution in [0.3, 0.4) is 0 Å². The number of halogens is 1. The number of amides is 1. The summed E-state index contributed by atoms with van der Waals surface area (Å²) < 4.78 is 12.6. The van der Waals surface area contributed by atoms with E-state index in [0.29, 0.717) is 5.69 Å². The quantitative estimate of drug-likeness (QED) is 0.611. The van der Waals surface area contributed by atoms with Crippen molar-refractivity contribution >= 4 is 11.6 Å². The van der Waals surface area contributed by atoms with Crippen molar-refractivity contribution in [1.29, 1.82) is 0 Å². The smallest absolute Gasteiger partial charge is 0.283 e. The number of hydrogen-bond donors (Lipinski definition) is 2. The third-order valence-corrected chi connectivity index (χ3v) is 3.00. The van der Waals surface area contributed by atoms with Crippen LogP contribution < -0.4 is 5.32 Å². The van der Waals surface area contributed by atoms with Gasteiger partial charge in [-0.05, 0) is 48.9 Å². The van der Waals surface area contributed by atoms with E-state index in [1.807, 2.05) is 0 Å². The van der Waals surface area contributed by atoms with Gasteiger partial charge in [-0.15, -0.1) is 0 Å². The topological polar surface area (TPSA) is 49.3 Å². The Balaban J connectivity index is 2.35. The van der Waals surface area contributed by atoms with Crippen LogP contribution in [0.15, 0.2) is 24.5 Å². The zero-order valence-corrected chi connectivity index (χ0v) is 9.42. The highest BCUT2D eigenvalue weighted by Gasteiger charge is 2.18. The van der Waals surface area contributed by atoms with Gasteiger partial charge in [0.2, 0.25) is 0 Å². The minimum atomic E-state index is -1.01. The summed E-state index contributed by atoms with van der Waals surface area (Å²) in [7, 11) is 0. The summed E-state index contributed by atoms with van der Waals surface area (Å²) in [5.41, 5.74) is 2.34. The van der Waals surface area contributed by atoms with Gasteiger partial charge in [-0.3, -0.25) is 4.79 Å². The van der Waals surface area contributed by atoms with Crippen molar-refractivity contribution in [1.82, 2.24) is 0 Å². The maximum atomic E-state index is 12.6. The lowest BCUT2D eigenvalue weighted by atomic mass is 9.89. The first kappa shape index (κ1) is 11.6. The molecule has 2 N–H and O–H groups in total. The maximum Gasteiger partial charge on any atom is 0.283 e. The van der Waals surface area contributed by atoms with E-state index in [4.69, 9.17) is 0 Å². The van der Waals surface area contributed by atoms with Crippen molar-refractivity contribution in [2.24, 2.45) is 0 Å². The Kier molecular flexibility index (Phi) is 3.13. The lowest BCUT2D eigenvalue weighted by Crippen LogP contribution is -2.15. The van der Waals surface area contributed by atoms with Crippen LogP contribution in [0.1, 0.15) is 24.0 Å². The average Bonchev–Trinajstić information content (AvgIpc) is 2.33. The van der Waals surface area contributed by atoms with Crippen molar-refractivity contribution < 1.29 is 14.3 Å². The molecule has 0 radical (unpaired) electrons. The second kappa shape index (κ2) is 4.57. The largest absolute Gasteiger partial charge is 0.508 e. The molecule has 3 nitrogen and oxygen atoms in total. The van der Waals surface area contributed by atoms with Crippen LogP contribution in [-0.4, -0.2) is 11.0 Å². The fraction of sp³-hybridized carbons (Fsp3) is 0.308. The van der Waals surface area contributed by atoms with Gasteiger partial charge in [-0.1, -0.05) is 6.58 Å². The summed E-state index contributed by atoms with van der Waals surface area (Å²) in [4.78, 5) is 11.2. The fourth-order valence-electron chi connectivity index (χ4n) is 2.16. The molecule has 4 heteroatoms. The molecule has 0 saturated heterocycles. The summed E-state index contributed by atoms with van der Waals surface area (Å²) in [5, 5.41) is 12.2. The number of anilines is 1. The second-order valence-electron chi connectivity index (χ2n) is 4.16. The molecule has 1 aromatic carbocycles. The van der Waals surface area contributed by atoms with Crippen LogP contribution >= 0.6 is 0 Å². The van der Waals surface area contributed by atoms with Crippen molar-refractivity contribution in [2.45, 2.75) is 25.7 Å². The summed E-state index contributed by atoms with van der Waals surface area (Å²) >= 11 is 0. The first-order chi connectivity index (χ1) is 8.09. The van der Waals surface area contributed by atoms with Gasteiger partial charge < -0.3 is 10.4 Å². The van der Waals surface area contributed by atoms with Crippen LogP contribution in [-0.2, 0) is 17.6 Å². The van der Waals surface area contributed by atoms with E-state index < -0.39 is 11.7 Å². The van der Waals surface area contributed by atoms with E-state index in [2.05, 4.69) is 11.9 Å². The SMILES string of the molecule is C=C(F)C(=O)Nc1ccc(O)c2c1CCCC2. The standard InChI is InChI=1S/C13H14FNO2/c1-8(14)13(17)15-11-6-7-12(16)10-5-3-2-4-9(10)11/h6-7,16H,1-5H2,(H,15,17). The molecule has 17 heavy (non-hydrogen) atoms. The van der Waals surface area contributed by atoms with Crippen LogP contribution in [0, 0.1) is 0 Å². The zero-order valence-electron chi connectivity index (χ0n) is 9.42. The highest BCUT2D eigenvalue weighted by atomic mass is 19.1. The molecule has 0 atom stereocenters. The molecule has 1 amide bonds. The van der Waals surface area contributed by atoms with E-state index in [9.17, 15) is 14.3 Å². The molecule has 0 saturated carbocycles. The van der Waals surface area contributed by atoms with E-state index >= 15 is 0 Å². The number of fused-ring (bicyclic) bond motifs is 1. The normalized spacial score (nSPS) is 13.9. The minimum Gasteiger partial charge on any atom is -0.508 e. The van der Waals surface area contributed by atoms with Gasteiger partial charge in [0.25, 0.3) is 5.91 Å². The first-order valence-electron chi connectivity index (χ1n) is 5.59. The minimum absolute atomic E-state index is 0.247. The number of aromatic hydroxyl groups is 1. The number of phenolic OH excluding ortho intramolecular Hbond substituents is 1. The van der Waals surface area contributed by atoms with Crippen molar-refractivity contribution in [2.75, 3.05) is 5.32 Å². The Morgan fingerprint density at radius 1 is 1.29 bits per heavy atom. The van der Waals surface area contributed by atoms with Crippen LogP contribution in [0.4, 0.5) is 10.1 Å². The van der Waals surface area contributed by atoms with Gasteiger partial charge >= 0.3 is 0 Å². The lowest BCUT2D eigenvalue weighted by molar-refractivity contribution is -0.114. The van der Waals surface area contributed by atoms with Gasteiger partial charge in [0, 0.05) is 5.69 Å². The predicted octanol–water partition coefficient (Wildman–Crippen LogP) is 2.69. The highest BCUT2D eigenvalue weighted by Crippen LogP contribution is 2.34. The molecular weight excluding hydrogens is 221 g/mol. The van der Waals surface area contributed by atoms with Crippen LogP contribution in [0.5, 0.6) is 5.75 Å². The monoisotopic (exact) mass is 235 g/mol. The second-order valence-corrected chi connectivity index (χ2v) is 4.16. The fourth-order valence-corrected chi connectivity index (χ4v) is 2.16. The van der Waals surface area contributed by atoms with Crippen molar-refractivity contribution in [3.8, 4) is 5.75 Å². The Hall–Kier alpha value is -1.84. The van der Waals surface area contributed by atoms with Crippen LogP contribution in [0.25, 0.3) is 0 Å². The van der Waals surface area contributed by atoms with Crippen molar-refractivity contribution in [3.63, 3.8) is 0 Å². The molecule has 0 aliphatic heterocycles. The number of carbonyl (C=O) groups is 1. The van der Waals surface area contributed by atoms with E-state index in [-0.39, 0.29) is 5.75 Å². The molecule has 0 bridgehead atoms. The molecular formula is C13H14FNO2. The molecule has 1 aliphatic carbocycles. The Labute approximate surface area is 99.0 Å². The molecule has 1 aromatic rings. The van der Waals surface area contributed by atoms with Gasteiger partial charge in [0.15, 0.2) is 5.83 Å². The van der Waals surface area contributed by atoms with E-state index in [0.717, 1.165) is 36.8 Å². The van der Waals surface area contributed by atoms with Gasteiger partial charge in [0.05, 0.1) is 0 Å². The lowest BCUT2D eigenvalue weighted by Gasteiger charge is -2.20. The molecule has 0 aromatic heterocycles. The Bertz CT molecular complexity index is 483. The summed E-state index contributed by atoms with van der Waals surface area (Å²) in [6.07, 6.45) is 3.61. The van der Waals surface area contributed by atoms with Gasteiger partial charge in [-0.25, -0.2) is 4.39 Å². The molecule has 0 spiro atoms. The third-order valence-electron chi connectivity index (χ3n) is 3.00. The number of phenols is 1. The molecule has 0 fully saturated rings. The predicted molar refractivity (Wildman–Crippen MR) is 63.6 cm³/mol. The average molecular weight is 235 g/mol. The molecule has 1 aliphatic rings. The first-order valence-corrected chi connectivity index (χ1v) is 5.59. The number of nitrogens with one attached hydrogen (secondary N) is 1. The van der Waals surface area contributed by atoms with Crippen LogP contribution in [0.2, 0.25) is 0 Å². The van der Waals surface area contributed by atoms with Gasteiger partial charge in [-0.2, -0.15) is 0 Å². The maximum absolute atomic E-state index is 12.6.